The number of hydrogen-bond donors (Lipinski definition) is 2. The number of anilines is 1. The lowest BCUT2D eigenvalue weighted by Gasteiger charge is -2.28. The summed E-state index contributed by atoms with van der Waals surface area (Å²) in [5, 5.41) is 6.89. The monoisotopic (exact) mass is 499 g/mol. The number of carbonyl (C=O) groups is 1. The van der Waals surface area contributed by atoms with E-state index in [1.165, 1.54) is 23.2 Å². The number of nitrogens with zero attached hydrogens (tertiary/aromatic N) is 3. The Morgan fingerprint density at radius 3 is 2.82 bits per heavy atom. The van der Waals surface area contributed by atoms with E-state index in [-0.39, 0.29) is 41.8 Å². The fourth-order valence-corrected chi connectivity index (χ4v) is 3.97. The molecule has 2 N–H and O–H groups in total. The second-order valence-electron chi connectivity index (χ2n) is 7.98. The summed E-state index contributed by atoms with van der Waals surface area (Å²) in [6.45, 7) is 7.38. The van der Waals surface area contributed by atoms with Gasteiger partial charge in [0.25, 0.3) is 0 Å². The van der Waals surface area contributed by atoms with Crippen LogP contribution >= 0.6 is 24.0 Å². The van der Waals surface area contributed by atoms with Crippen LogP contribution in [0.3, 0.4) is 0 Å². The first-order valence-corrected chi connectivity index (χ1v) is 10.1. The van der Waals surface area contributed by atoms with Gasteiger partial charge in [-0.2, -0.15) is 0 Å². The van der Waals surface area contributed by atoms with Crippen LogP contribution in [0.15, 0.2) is 23.2 Å². The molecule has 1 aromatic carbocycles. The molecular formula is C21H34IN5O. The first-order valence-electron chi connectivity index (χ1n) is 10.1. The minimum Gasteiger partial charge on any atom is -0.374 e. The molecule has 0 saturated carbocycles. The molecular weight excluding hydrogens is 465 g/mol. The molecule has 7 heteroatoms. The van der Waals surface area contributed by atoms with Gasteiger partial charge in [0.15, 0.2) is 5.96 Å². The first-order chi connectivity index (χ1) is 13.0. The molecule has 1 amide bonds. The van der Waals surface area contributed by atoms with Crippen LogP contribution in [-0.2, 0) is 17.8 Å². The zero-order valence-corrected chi connectivity index (χ0v) is 19.8. The average molecular weight is 499 g/mol. The number of guanidine groups is 1. The summed E-state index contributed by atoms with van der Waals surface area (Å²) in [7, 11) is 3.96. The normalized spacial score (nSPS) is 19.3. The number of carbonyl (C=O) groups excluding carboxylic acids is 1. The van der Waals surface area contributed by atoms with Gasteiger partial charge in [0, 0.05) is 57.9 Å². The lowest BCUT2D eigenvalue weighted by atomic mass is 9.99. The molecule has 1 aromatic rings. The Morgan fingerprint density at radius 2 is 2.11 bits per heavy atom. The van der Waals surface area contributed by atoms with Gasteiger partial charge < -0.3 is 20.4 Å². The van der Waals surface area contributed by atoms with Crippen molar-refractivity contribution in [3.8, 4) is 0 Å². The summed E-state index contributed by atoms with van der Waals surface area (Å²) in [5.41, 5.74) is 4.06. The zero-order valence-electron chi connectivity index (χ0n) is 17.5. The Hall–Kier alpha value is -1.51. The van der Waals surface area contributed by atoms with Crippen LogP contribution in [0, 0.1) is 5.92 Å². The van der Waals surface area contributed by atoms with Crippen LogP contribution in [0.4, 0.5) is 5.69 Å². The largest absolute Gasteiger partial charge is 0.374 e. The van der Waals surface area contributed by atoms with E-state index in [2.05, 4.69) is 45.8 Å². The summed E-state index contributed by atoms with van der Waals surface area (Å²) >= 11 is 0. The molecule has 3 rings (SSSR count). The quantitative estimate of drug-likeness (QED) is 0.380. The average Bonchev–Trinajstić information content (AvgIpc) is 3.13. The van der Waals surface area contributed by atoms with E-state index in [1.54, 1.807) is 7.05 Å². The molecule has 6 nitrogen and oxygen atoms in total. The minimum absolute atomic E-state index is 0. The van der Waals surface area contributed by atoms with Crippen molar-refractivity contribution >= 4 is 41.5 Å². The maximum atomic E-state index is 12.1. The summed E-state index contributed by atoms with van der Waals surface area (Å²) in [6.07, 6.45) is 3.34. The highest BCUT2D eigenvalue weighted by atomic mass is 127. The van der Waals surface area contributed by atoms with E-state index in [1.807, 2.05) is 18.7 Å². The molecule has 0 aliphatic carbocycles. The molecule has 28 heavy (non-hydrogen) atoms. The highest BCUT2D eigenvalue weighted by molar-refractivity contribution is 14.0. The van der Waals surface area contributed by atoms with Crippen molar-refractivity contribution in [3.05, 3.63) is 29.3 Å². The molecule has 1 fully saturated rings. The topological polar surface area (TPSA) is 60.0 Å². The third-order valence-corrected chi connectivity index (χ3v) is 5.51. The Morgan fingerprint density at radius 1 is 1.32 bits per heavy atom. The van der Waals surface area contributed by atoms with E-state index < -0.39 is 0 Å². The molecule has 2 aliphatic heterocycles. The number of aliphatic imine (C=N–C) groups is 1. The van der Waals surface area contributed by atoms with Crippen molar-refractivity contribution in [1.82, 2.24) is 15.5 Å². The van der Waals surface area contributed by atoms with E-state index in [0.29, 0.717) is 0 Å². The van der Waals surface area contributed by atoms with Crippen molar-refractivity contribution in [3.63, 3.8) is 0 Å². The molecule has 2 heterocycles. The summed E-state index contributed by atoms with van der Waals surface area (Å²) < 4.78 is 0. The number of fused-ring (bicyclic) bond motifs is 1. The Kier molecular flexibility index (Phi) is 8.39. The lowest BCUT2D eigenvalue weighted by molar-refractivity contribution is -0.133. The van der Waals surface area contributed by atoms with Gasteiger partial charge in [0.1, 0.15) is 0 Å². The van der Waals surface area contributed by atoms with Crippen LogP contribution in [-0.4, -0.2) is 56.5 Å². The highest BCUT2D eigenvalue weighted by Gasteiger charge is 2.27. The lowest BCUT2D eigenvalue weighted by Crippen LogP contribution is -2.45. The smallest absolute Gasteiger partial charge is 0.225 e. The second kappa shape index (κ2) is 10.3. The molecule has 0 bridgehead atoms. The molecule has 0 aromatic heterocycles. The molecule has 1 atom stereocenters. The number of rotatable bonds is 4. The van der Waals surface area contributed by atoms with E-state index in [9.17, 15) is 4.79 Å². The van der Waals surface area contributed by atoms with E-state index in [4.69, 9.17) is 0 Å². The molecule has 156 valence electrons. The number of halogens is 1. The fraction of sp³-hybridized carbons (Fsp3) is 0.619. The summed E-state index contributed by atoms with van der Waals surface area (Å²) in [5.74, 6) is 1.10. The van der Waals surface area contributed by atoms with E-state index >= 15 is 0 Å². The van der Waals surface area contributed by atoms with E-state index in [0.717, 1.165) is 45.0 Å². The number of amides is 1. The van der Waals surface area contributed by atoms with Crippen molar-refractivity contribution in [1.29, 1.82) is 0 Å². The van der Waals surface area contributed by atoms with Gasteiger partial charge in [0.05, 0.1) is 0 Å². The van der Waals surface area contributed by atoms with Gasteiger partial charge in [-0.05, 0) is 36.5 Å². The number of hydrogen-bond acceptors (Lipinski definition) is 3. The SMILES string of the molecule is CN=C(NCc1ccc2c(c1)CCCN2C)NC1CCN(C(=O)C(C)C)C1.I. The predicted molar refractivity (Wildman–Crippen MR) is 127 cm³/mol. The molecule has 0 radical (unpaired) electrons. The van der Waals surface area contributed by atoms with Crippen LogP contribution < -0.4 is 15.5 Å². The van der Waals surface area contributed by atoms with Gasteiger partial charge in [-0.25, -0.2) is 0 Å². The molecule has 1 saturated heterocycles. The van der Waals surface area contributed by atoms with Gasteiger partial charge in [-0.3, -0.25) is 9.79 Å². The maximum absolute atomic E-state index is 12.1. The van der Waals surface area contributed by atoms with Crippen molar-refractivity contribution in [2.45, 2.75) is 45.7 Å². The number of aryl methyl sites for hydroxylation is 1. The van der Waals surface area contributed by atoms with Crippen molar-refractivity contribution in [2.24, 2.45) is 10.9 Å². The Bertz CT molecular complexity index is 706. The Labute approximate surface area is 186 Å². The molecule has 1 unspecified atom stereocenters. The van der Waals surface area contributed by atoms with Crippen LogP contribution in [0.2, 0.25) is 0 Å². The zero-order chi connectivity index (χ0) is 19.4. The van der Waals surface area contributed by atoms with Crippen molar-refractivity contribution < 1.29 is 4.79 Å². The van der Waals surface area contributed by atoms with Crippen molar-refractivity contribution in [2.75, 3.05) is 38.6 Å². The van der Waals surface area contributed by atoms with Crippen LogP contribution in [0.1, 0.15) is 37.8 Å². The fourth-order valence-electron chi connectivity index (χ4n) is 3.97. The Balaban J connectivity index is 0.00000280. The first kappa shape index (κ1) is 22.8. The third kappa shape index (κ3) is 5.52. The number of benzene rings is 1. The molecule has 0 spiro atoms. The standard InChI is InChI=1S/C21H33N5O.HI/c1-15(2)20(27)26-11-9-18(14-26)24-21(22-3)23-13-16-7-8-19-17(12-16)6-5-10-25(19)4;/h7-8,12,15,18H,5-6,9-11,13-14H2,1-4H3,(H2,22,23,24);1H. The molecule has 2 aliphatic rings. The van der Waals surface area contributed by atoms with Gasteiger partial charge in [-0.15, -0.1) is 24.0 Å². The van der Waals surface area contributed by atoms with Crippen LogP contribution in [0.25, 0.3) is 0 Å². The van der Waals surface area contributed by atoms with Gasteiger partial charge in [0.2, 0.25) is 5.91 Å². The minimum atomic E-state index is 0. The van der Waals surface area contributed by atoms with Crippen LogP contribution in [0.5, 0.6) is 0 Å². The number of nitrogens with one attached hydrogen (secondary N) is 2. The highest BCUT2D eigenvalue weighted by Crippen LogP contribution is 2.26. The second-order valence-corrected chi connectivity index (χ2v) is 7.98. The predicted octanol–water partition coefficient (Wildman–Crippen LogP) is 2.61. The van der Waals surface area contributed by atoms with Gasteiger partial charge in [-0.1, -0.05) is 26.0 Å². The third-order valence-electron chi connectivity index (χ3n) is 5.51. The summed E-state index contributed by atoms with van der Waals surface area (Å²) in [4.78, 5) is 20.8. The van der Waals surface area contributed by atoms with Gasteiger partial charge >= 0.3 is 0 Å². The number of likely N-dealkylation sites (tertiary alicyclic amines) is 1. The maximum Gasteiger partial charge on any atom is 0.225 e. The summed E-state index contributed by atoms with van der Waals surface area (Å²) in [6, 6.07) is 6.99.